The average Bonchev–Trinajstić information content (AvgIpc) is 3.10. The number of hydrogen-bond donors (Lipinski definition) is 1. The number of carboxylic acids is 1. The van der Waals surface area contributed by atoms with Gasteiger partial charge in [0.15, 0.2) is 0 Å². The number of piperidine rings is 1. The van der Waals surface area contributed by atoms with E-state index < -0.39 is 5.97 Å². The molecule has 3 heterocycles. The lowest BCUT2D eigenvalue weighted by Crippen LogP contribution is -2.37. The van der Waals surface area contributed by atoms with E-state index in [1.807, 2.05) is 6.07 Å². The largest absolute Gasteiger partial charge is 0.477 e. The highest BCUT2D eigenvalue weighted by molar-refractivity contribution is 7.17. The molecule has 0 aromatic carbocycles. The van der Waals surface area contributed by atoms with Gasteiger partial charge in [0.1, 0.15) is 4.88 Å². The minimum Gasteiger partial charge on any atom is -0.477 e. The fourth-order valence-corrected chi connectivity index (χ4v) is 4.18. The molecule has 2 aliphatic rings. The van der Waals surface area contributed by atoms with Gasteiger partial charge in [-0.05, 0) is 56.8 Å². The quantitative estimate of drug-likeness (QED) is 0.927. The van der Waals surface area contributed by atoms with Crippen molar-refractivity contribution in [3.8, 4) is 0 Å². The highest BCUT2D eigenvalue weighted by atomic mass is 32.1. The van der Waals surface area contributed by atoms with E-state index in [0.717, 1.165) is 24.0 Å². The van der Waals surface area contributed by atoms with Crippen molar-refractivity contribution in [2.45, 2.75) is 25.7 Å². The molecular formula is C15H22N2O2S. The first kappa shape index (κ1) is 13.9. The second-order valence-electron chi connectivity index (χ2n) is 5.88. The molecule has 2 fully saturated rings. The van der Waals surface area contributed by atoms with Gasteiger partial charge in [0, 0.05) is 19.6 Å². The van der Waals surface area contributed by atoms with Crippen LogP contribution in [0.5, 0.6) is 0 Å². The standard InChI is InChI=1S/C15H22N2O2S/c18-15(19)13-3-4-14(20-13)17-9-5-12(6-10-17)11-16-7-1-2-8-16/h3-4,12H,1-2,5-11H2,(H,18,19). The molecule has 2 saturated heterocycles. The molecular weight excluding hydrogens is 272 g/mol. The summed E-state index contributed by atoms with van der Waals surface area (Å²) in [4.78, 5) is 16.3. The van der Waals surface area contributed by atoms with Crippen LogP contribution in [0.2, 0.25) is 0 Å². The van der Waals surface area contributed by atoms with Crippen LogP contribution in [0.3, 0.4) is 0 Å². The van der Waals surface area contributed by atoms with Crippen molar-refractivity contribution < 1.29 is 9.90 Å². The SMILES string of the molecule is O=C(O)c1ccc(N2CCC(CN3CCCC3)CC2)s1. The summed E-state index contributed by atoms with van der Waals surface area (Å²) in [6.45, 7) is 5.97. The molecule has 0 unspecified atom stereocenters. The van der Waals surface area contributed by atoms with Crippen LogP contribution in [-0.2, 0) is 0 Å². The Balaban J connectivity index is 1.51. The van der Waals surface area contributed by atoms with E-state index in [9.17, 15) is 4.79 Å². The van der Waals surface area contributed by atoms with Crippen LogP contribution in [0.25, 0.3) is 0 Å². The Morgan fingerprint density at radius 2 is 1.90 bits per heavy atom. The number of aromatic carboxylic acids is 1. The number of rotatable bonds is 4. The third kappa shape index (κ3) is 3.15. The molecule has 0 atom stereocenters. The second kappa shape index (κ2) is 6.14. The molecule has 0 aliphatic carbocycles. The summed E-state index contributed by atoms with van der Waals surface area (Å²) in [6.07, 6.45) is 5.20. The van der Waals surface area contributed by atoms with E-state index in [-0.39, 0.29) is 0 Å². The van der Waals surface area contributed by atoms with Crippen LogP contribution in [0.15, 0.2) is 12.1 Å². The molecule has 1 aromatic rings. The molecule has 20 heavy (non-hydrogen) atoms. The fourth-order valence-electron chi connectivity index (χ4n) is 3.28. The van der Waals surface area contributed by atoms with E-state index in [4.69, 9.17) is 5.11 Å². The third-order valence-corrected chi connectivity index (χ3v) is 5.58. The Bertz CT molecular complexity index is 460. The van der Waals surface area contributed by atoms with Gasteiger partial charge in [0.2, 0.25) is 0 Å². The van der Waals surface area contributed by atoms with Crippen molar-refractivity contribution in [1.29, 1.82) is 0 Å². The number of hydrogen-bond acceptors (Lipinski definition) is 4. The van der Waals surface area contributed by atoms with E-state index in [1.54, 1.807) is 6.07 Å². The summed E-state index contributed by atoms with van der Waals surface area (Å²) < 4.78 is 0. The number of carbonyl (C=O) groups is 1. The minimum absolute atomic E-state index is 0.444. The van der Waals surface area contributed by atoms with Gasteiger partial charge >= 0.3 is 5.97 Å². The normalized spacial score (nSPS) is 21.5. The molecule has 2 aliphatic heterocycles. The lowest BCUT2D eigenvalue weighted by molar-refractivity contribution is 0.0702. The summed E-state index contributed by atoms with van der Waals surface area (Å²) in [6, 6.07) is 3.67. The van der Waals surface area contributed by atoms with Gasteiger partial charge in [-0.25, -0.2) is 4.79 Å². The maximum absolute atomic E-state index is 10.9. The van der Waals surface area contributed by atoms with Gasteiger partial charge in [-0.3, -0.25) is 0 Å². The molecule has 4 nitrogen and oxygen atoms in total. The Hall–Kier alpha value is -1.07. The molecule has 1 N–H and O–H groups in total. The van der Waals surface area contributed by atoms with E-state index >= 15 is 0 Å². The average molecular weight is 294 g/mol. The number of carboxylic acid groups (broad SMARTS) is 1. The number of thiophene rings is 1. The maximum Gasteiger partial charge on any atom is 0.345 e. The van der Waals surface area contributed by atoms with Crippen molar-refractivity contribution in [3.05, 3.63) is 17.0 Å². The Kier molecular flexibility index (Phi) is 4.27. The Labute approximate surface area is 124 Å². The first-order valence-electron chi connectivity index (χ1n) is 7.53. The molecule has 5 heteroatoms. The van der Waals surface area contributed by atoms with Gasteiger partial charge in [-0.1, -0.05) is 0 Å². The summed E-state index contributed by atoms with van der Waals surface area (Å²) in [5, 5.41) is 10.1. The van der Waals surface area contributed by atoms with Crippen molar-refractivity contribution in [2.75, 3.05) is 37.6 Å². The van der Waals surface area contributed by atoms with Crippen LogP contribution in [-0.4, -0.2) is 48.7 Å². The summed E-state index contributed by atoms with van der Waals surface area (Å²) >= 11 is 1.40. The van der Waals surface area contributed by atoms with Crippen LogP contribution in [0, 0.1) is 5.92 Å². The molecule has 0 amide bonds. The predicted molar refractivity (Wildman–Crippen MR) is 81.9 cm³/mol. The van der Waals surface area contributed by atoms with Crippen LogP contribution >= 0.6 is 11.3 Å². The first-order chi connectivity index (χ1) is 9.72. The lowest BCUT2D eigenvalue weighted by atomic mass is 9.96. The van der Waals surface area contributed by atoms with Gasteiger partial charge in [-0.15, -0.1) is 11.3 Å². The summed E-state index contributed by atoms with van der Waals surface area (Å²) in [5.41, 5.74) is 0. The van der Waals surface area contributed by atoms with Gasteiger partial charge in [0.25, 0.3) is 0 Å². The van der Waals surface area contributed by atoms with Gasteiger partial charge in [-0.2, -0.15) is 0 Å². The van der Waals surface area contributed by atoms with Gasteiger partial charge < -0.3 is 14.9 Å². The van der Waals surface area contributed by atoms with Crippen LogP contribution < -0.4 is 4.90 Å². The summed E-state index contributed by atoms with van der Waals surface area (Å²) in [7, 11) is 0. The van der Waals surface area contributed by atoms with Crippen molar-refractivity contribution >= 4 is 22.3 Å². The van der Waals surface area contributed by atoms with Gasteiger partial charge in [0.05, 0.1) is 5.00 Å². The monoisotopic (exact) mass is 294 g/mol. The molecule has 110 valence electrons. The van der Waals surface area contributed by atoms with Crippen LogP contribution in [0.1, 0.15) is 35.4 Å². The molecule has 0 saturated carbocycles. The molecule has 0 radical (unpaired) electrons. The Morgan fingerprint density at radius 3 is 2.50 bits per heavy atom. The third-order valence-electron chi connectivity index (χ3n) is 4.44. The van der Waals surface area contributed by atoms with Crippen molar-refractivity contribution in [3.63, 3.8) is 0 Å². The zero-order chi connectivity index (χ0) is 13.9. The Morgan fingerprint density at radius 1 is 1.20 bits per heavy atom. The number of anilines is 1. The number of likely N-dealkylation sites (tertiary alicyclic amines) is 1. The second-order valence-corrected chi connectivity index (χ2v) is 6.94. The molecule has 0 spiro atoms. The van der Waals surface area contributed by atoms with E-state index in [0.29, 0.717) is 4.88 Å². The van der Waals surface area contributed by atoms with E-state index in [2.05, 4.69) is 9.80 Å². The molecule has 1 aromatic heterocycles. The summed E-state index contributed by atoms with van der Waals surface area (Å²) in [5.74, 6) is 0.00780. The smallest absolute Gasteiger partial charge is 0.345 e. The number of nitrogens with zero attached hydrogens (tertiary/aromatic N) is 2. The molecule has 0 bridgehead atoms. The molecule has 3 rings (SSSR count). The van der Waals surface area contributed by atoms with E-state index in [1.165, 1.54) is 56.7 Å². The lowest BCUT2D eigenvalue weighted by Gasteiger charge is -2.34. The topological polar surface area (TPSA) is 43.8 Å². The van der Waals surface area contributed by atoms with Crippen molar-refractivity contribution in [2.24, 2.45) is 5.92 Å². The highest BCUT2D eigenvalue weighted by Crippen LogP contribution is 2.30. The zero-order valence-electron chi connectivity index (χ0n) is 11.8. The maximum atomic E-state index is 10.9. The zero-order valence-corrected chi connectivity index (χ0v) is 12.6. The predicted octanol–water partition coefficient (Wildman–Crippen LogP) is 2.76. The fraction of sp³-hybridized carbons (Fsp3) is 0.667. The minimum atomic E-state index is -0.815. The van der Waals surface area contributed by atoms with Crippen molar-refractivity contribution in [1.82, 2.24) is 4.90 Å². The highest BCUT2D eigenvalue weighted by Gasteiger charge is 2.23. The van der Waals surface area contributed by atoms with Crippen LogP contribution in [0.4, 0.5) is 5.00 Å². The first-order valence-corrected chi connectivity index (χ1v) is 8.34.